The first-order chi connectivity index (χ1) is 14.7. The third kappa shape index (κ3) is 3.91. The Morgan fingerprint density at radius 1 is 0.933 bits per heavy atom. The van der Waals surface area contributed by atoms with Crippen molar-refractivity contribution in [1.82, 2.24) is 19.8 Å². The number of carbonyl (C=O) groups is 1. The Morgan fingerprint density at radius 3 is 2.50 bits per heavy atom. The quantitative estimate of drug-likeness (QED) is 0.720. The molecule has 0 saturated carbocycles. The van der Waals surface area contributed by atoms with Crippen LogP contribution in [0.3, 0.4) is 0 Å². The second-order valence-corrected chi connectivity index (χ2v) is 8.00. The Kier molecular flexibility index (Phi) is 5.14. The van der Waals surface area contributed by atoms with E-state index in [-0.39, 0.29) is 18.1 Å². The standard InChI is InChI=1S/C23H24FN5O/c24-17-7-5-16(6-8-17)14-28-9-2-10-29(12-11-28)15-21-26-19-4-1-3-18-20(30)13-25-23(27-21)22(18)19/h1,3-8H,2,9-15H2,(H,25,26,27). The van der Waals surface area contributed by atoms with Crippen molar-refractivity contribution in [2.75, 3.05) is 38.0 Å². The lowest BCUT2D eigenvalue weighted by molar-refractivity contribution is 0.101. The Labute approximate surface area is 174 Å². The predicted octanol–water partition coefficient (Wildman–Crippen LogP) is 3.09. The highest BCUT2D eigenvalue weighted by atomic mass is 19.1. The maximum Gasteiger partial charge on any atom is 0.182 e. The first-order valence-electron chi connectivity index (χ1n) is 10.4. The molecule has 3 heterocycles. The van der Waals surface area contributed by atoms with Gasteiger partial charge in [0.2, 0.25) is 0 Å². The van der Waals surface area contributed by atoms with Crippen molar-refractivity contribution >= 4 is 22.5 Å². The van der Waals surface area contributed by atoms with E-state index in [1.807, 2.05) is 30.3 Å². The molecule has 0 aliphatic carbocycles. The van der Waals surface area contributed by atoms with E-state index in [0.717, 1.165) is 67.3 Å². The maximum absolute atomic E-state index is 13.1. The molecule has 3 aromatic rings. The number of aromatic nitrogens is 2. The molecular weight excluding hydrogens is 381 g/mol. The molecule has 5 rings (SSSR count). The number of ketones is 1. The van der Waals surface area contributed by atoms with Crippen LogP contribution in [-0.4, -0.2) is 58.3 Å². The van der Waals surface area contributed by atoms with Crippen LogP contribution in [0.25, 0.3) is 10.9 Å². The Hall–Kier alpha value is -2.90. The summed E-state index contributed by atoms with van der Waals surface area (Å²) in [5, 5.41) is 3.98. The number of Topliss-reactive ketones (excluding diaryl/α,β-unsaturated/α-hetero) is 1. The van der Waals surface area contributed by atoms with Crippen molar-refractivity contribution < 1.29 is 9.18 Å². The molecule has 0 amide bonds. The van der Waals surface area contributed by atoms with Crippen LogP contribution in [0.4, 0.5) is 10.2 Å². The number of hydrogen-bond donors (Lipinski definition) is 1. The third-order valence-electron chi connectivity index (χ3n) is 5.85. The van der Waals surface area contributed by atoms with Gasteiger partial charge in [-0.3, -0.25) is 14.6 Å². The summed E-state index contributed by atoms with van der Waals surface area (Å²) in [6.45, 7) is 5.70. The molecule has 0 bridgehead atoms. The Bertz CT molecular complexity index is 1080. The molecule has 0 spiro atoms. The van der Waals surface area contributed by atoms with Gasteiger partial charge in [0.05, 0.1) is 24.0 Å². The van der Waals surface area contributed by atoms with Gasteiger partial charge >= 0.3 is 0 Å². The Morgan fingerprint density at radius 2 is 1.70 bits per heavy atom. The fourth-order valence-corrected chi connectivity index (χ4v) is 4.31. The molecule has 2 aliphatic rings. The molecular formula is C23H24FN5O. The molecule has 30 heavy (non-hydrogen) atoms. The van der Waals surface area contributed by atoms with Gasteiger partial charge in [0.15, 0.2) is 5.78 Å². The van der Waals surface area contributed by atoms with E-state index in [2.05, 4.69) is 15.1 Å². The van der Waals surface area contributed by atoms with E-state index < -0.39 is 0 Å². The predicted molar refractivity (Wildman–Crippen MR) is 114 cm³/mol. The average Bonchev–Trinajstić information content (AvgIpc) is 2.97. The monoisotopic (exact) mass is 405 g/mol. The number of nitrogens with zero attached hydrogens (tertiary/aromatic N) is 4. The number of rotatable bonds is 4. The van der Waals surface area contributed by atoms with E-state index in [0.29, 0.717) is 12.1 Å². The van der Waals surface area contributed by atoms with Crippen molar-refractivity contribution in [2.24, 2.45) is 0 Å². The number of anilines is 1. The van der Waals surface area contributed by atoms with Crippen LogP contribution in [-0.2, 0) is 13.1 Å². The summed E-state index contributed by atoms with van der Waals surface area (Å²) in [4.78, 5) is 26.4. The zero-order valence-corrected chi connectivity index (χ0v) is 16.8. The molecule has 0 atom stereocenters. The van der Waals surface area contributed by atoms with Gasteiger partial charge in [-0.1, -0.05) is 24.3 Å². The molecule has 6 nitrogen and oxygen atoms in total. The van der Waals surface area contributed by atoms with Crippen LogP contribution in [0.15, 0.2) is 42.5 Å². The van der Waals surface area contributed by atoms with Gasteiger partial charge in [-0.15, -0.1) is 0 Å². The van der Waals surface area contributed by atoms with Crippen molar-refractivity contribution in [3.8, 4) is 0 Å². The van der Waals surface area contributed by atoms with Crippen LogP contribution < -0.4 is 5.32 Å². The summed E-state index contributed by atoms with van der Waals surface area (Å²) < 4.78 is 13.1. The minimum Gasteiger partial charge on any atom is -0.362 e. The Balaban J connectivity index is 1.28. The molecule has 154 valence electrons. The van der Waals surface area contributed by atoms with E-state index in [4.69, 9.17) is 9.97 Å². The van der Waals surface area contributed by atoms with Gasteiger partial charge in [-0.25, -0.2) is 14.4 Å². The molecule has 1 fully saturated rings. The SMILES string of the molecule is O=C1CNc2nc(CN3CCCN(Cc4ccc(F)cc4)CC3)nc3cccc1c23. The fourth-order valence-electron chi connectivity index (χ4n) is 4.31. The zero-order valence-electron chi connectivity index (χ0n) is 16.8. The van der Waals surface area contributed by atoms with Gasteiger partial charge in [-0.2, -0.15) is 0 Å². The van der Waals surface area contributed by atoms with Crippen LogP contribution in [0.5, 0.6) is 0 Å². The van der Waals surface area contributed by atoms with Crippen molar-refractivity contribution in [2.45, 2.75) is 19.5 Å². The average molecular weight is 405 g/mol. The fraction of sp³-hybridized carbons (Fsp3) is 0.348. The lowest BCUT2D eigenvalue weighted by Gasteiger charge is -2.22. The largest absolute Gasteiger partial charge is 0.362 e. The van der Waals surface area contributed by atoms with Gasteiger partial charge in [0.1, 0.15) is 17.5 Å². The topological polar surface area (TPSA) is 61.4 Å². The summed E-state index contributed by atoms with van der Waals surface area (Å²) in [5.41, 5.74) is 2.66. The van der Waals surface area contributed by atoms with E-state index >= 15 is 0 Å². The lowest BCUT2D eigenvalue weighted by Crippen LogP contribution is -2.31. The van der Waals surface area contributed by atoms with E-state index in [1.165, 1.54) is 12.1 Å². The summed E-state index contributed by atoms with van der Waals surface area (Å²) in [7, 11) is 0. The summed E-state index contributed by atoms with van der Waals surface area (Å²) in [6, 6.07) is 12.5. The highest BCUT2D eigenvalue weighted by Crippen LogP contribution is 2.28. The minimum absolute atomic E-state index is 0.0817. The molecule has 1 aromatic heterocycles. The second kappa shape index (κ2) is 8.08. The van der Waals surface area contributed by atoms with Crippen LogP contribution in [0.2, 0.25) is 0 Å². The number of carbonyl (C=O) groups excluding carboxylic acids is 1. The summed E-state index contributed by atoms with van der Waals surface area (Å²) in [5.74, 6) is 1.43. The molecule has 2 aliphatic heterocycles. The van der Waals surface area contributed by atoms with Gasteiger partial charge < -0.3 is 5.32 Å². The third-order valence-corrected chi connectivity index (χ3v) is 5.85. The van der Waals surface area contributed by atoms with Crippen LogP contribution in [0.1, 0.15) is 28.2 Å². The first-order valence-corrected chi connectivity index (χ1v) is 10.4. The molecule has 0 radical (unpaired) electrons. The van der Waals surface area contributed by atoms with Gasteiger partial charge in [-0.05, 0) is 43.3 Å². The van der Waals surface area contributed by atoms with E-state index in [1.54, 1.807) is 0 Å². The van der Waals surface area contributed by atoms with Gasteiger partial charge in [0, 0.05) is 25.2 Å². The normalized spacial score (nSPS) is 17.7. The smallest absolute Gasteiger partial charge is 0.182 e. The minimum atomic E-state index is -0.193. The number of halogens is 1. The summed E-state index contributed by atoms with van der Waals surface area (Å²) in [6.07, 6.45) is 1.07. The van der Waals surface area contributed by atoms with Crippen molar-refractivity contribution in [3.05, 3.63) is 65.2 Å². The molecule has 2 aromatic carbocycles. The van der Waals surface area contributed by atoms with Crippen LogP contribution in [0, 0.1) is 5.82 Å². The lowest BCUT2D eigenvalue weighted by atomic mass is 10.0. The first kappa shape index (κ1) is 19.1. The molecule has 1 N–H and O–H groups in total. The highest BCUT2D eigenvalue weighted by Gasteiger charge is 2.22. The number of hydrogen-bond acceptors (Lipinski definition) is 6. The second-order valence-electron chi connectivity index (χ2n) is 8.00. The number of nitrogens with one attached hydrogen (secondary N) is 1. The highest BCUT2D eigenvalue weighted by molar-refractivity contribution is 6.15. The van der Waals surface area contributed by atoms with Crippen molar-refractivity contribution in [1.29, 1.82) is 0 Å². The van der Waals surface area contributed by atoms with Crippen LogP contribution >= 0.6 is 0 Å². The van der Waals surface area contributed by atoms with Crippen molar-refractivity contribution in [3.63, 3.8) is 0 Å². The zero-order chi connectivity index (χ0) is 20.5. The number of benzene rings is 2. The molecule has 0 unspecified atom stereocenters. The molecule has 7 heteroatoms. The summed E-state index contributed by atoms with van der Waals surface area (Å²) >= 11 is 0. The molecule has 1 saturated heterocycles. The van der Waals surface area contributed by atoms with E-state index in [9.17, 15) is 9.18 Å². The van der Waals surface area contributed by atoms with Gasteiger partial charge in [0.25, 0.3) is 0 Å². The maximum atomic E-state index is 13.1.